The van der Waals surface area contributed by atoms with Gasteiger partial charge in [0.2, 0.25) is 0 Å². The number of halogens is 1. The Kier molecular flexibility index (Phi) is 5.89. The Bertz CT molecular complexity index is 717. The lowest BCUT2D eigenvalue weighted by Gasteiger charge is -2.23. The third-order valence-electron chi connectivity index (χ3n) is 3.64. The first-order valence-electron chi connectivity index (χ1n) is 7.93. The molecule has 0 aromatic heterocycles. The third-order valence-corrected chi connectivity index (χ3v) is 3.88. The molecule has 2 rings (SSSR count). The van der Waals surface area contributed by atoms with Crippen LogP contribution in [-0.2, 0) is 5.41 Å². The molecular weight excluding hydrogens is 324 g/mol. The van der Waals surface area contributed by atoms with Gasteiger partial charge in [-0.3, -0.25) is 4.79 Å². The number of hydrogen-bond donors (Lipinski definition) is 0. The SMILES string of the molecule is Cc1ccc(C(C)(C)C)c(OCCOc2ccc(Cl)cc2C=O)c1. The molecule has 128 valence electrons. The van der Waals surface area contributed by atoms with Gasteiger partial charge in [-0.2, -0.15) is 0 Å². The van der Waals surface area contributed by atoms with Crippen LogP contribution >= 0.6 is 11.6 Å². The van der Waals surface area contributed by atoms with Gasteiger partial charge in [0.25, 0.3) is 0 Å². The predicted molar refractivity (Wildman–Crippen MR) is 97.7 cm³/mol. The first-order chi connectivity index (χ1) is 11.3. The summed E-state index contributed by atoms with van der Waals surface area (Å²) in [6.07, 6.45) is 0.736. The monoisotopic (exact) mass is 346 g/mol. The Balaban J connectivity index is 2.00. The molecule has 24 heavy (non-hydrogen) atoms. The maximum absolute atomic E-state index is 11.1. The second-order valence-electron chi connectivity index (χ2n) is 6.75. The number of carbonyl (C=O) groups is 1. The van der Waals surface area contributed by atoms with E-state index >= 15 is 0 Å². The van der Waals surface area contributed by atoms with Crippen molar-refractivity contribution in [3.05, 3.63) is 58.1 Å². The van der Waals surface area contributed by atoms with E-state index in [2.05, 4.69) is 32.9 Å². The summed E-state index contributed by atoms with van der Waals surface area (Å²) in [6, 6.07) is 11.2. The minimum Gasteiger partial charge on any atom is -0.490 e. The van der Waals surface area contributed by atoms with Crippen molar-refractivity contribution in [2.24, 2.45) is 0 Å². The number of carbonyl (C=O) groups excluding carboxylic acids is 1. The average Bonchev–Trinajstić information content (AvgIpc) is 2.51. The van der Waals surface area contributed by atoms with Crippen LogP contribution in [-0.4, -0.2) is 19.5 Å². The highest BCUT2D eigenvalue weighted by atomic mass is 35.5. The third kappa shape index (κ3) is 4.75. The average molecular weight is 347 g/mol. The summed E-state index contributed by atoms with van der Waals surface area (Å²) in [7, 11) is 0. The van der Waals surface area contributed by atoms with E-state index in [1.165, 1.54) is 0 Å². The molecule has 0 amide bonds. The highest BCUT2D eigenvalue weighted by molar-refractivity contribution is 6.30. The van der Waals surface area contributed by atoms with E-state index in [0.29, 0.717) is 29.5 Å². The standard InChI is InChI=1S/C20H23ClO3/c1-14-5-7-17(20(2,3)4)19(11-14)24-10-9-23-18-8-6-16(21)12-15(18)13-22/h5-8,11-13H,9-10H2,1-4H3. The van der Waals surface area contributed by atoms with Gasteiger partial charge in [-0.05, 0) is 47.7 Å². The Labute approximate surface area is 148 Å². The molecule has 2 aromatic carbocycles. The van der Waals surface area contributed by atoms with E-state index in [1.807, 2.05) is 13.0 Å². The van der Waals surface area contributed by atoms with E-state index in [-0.39, 0.29) is 5.41 Å². The molecule has 0 atom stereocenters. The molecule has 2 aromatic rings. The zero-order valence-electron chi connectivity index (χ0n) is 14.6. The Morgan fingerprint density at radius 1 is 1.00 bits per heavy atom. The van der Waals surface area contributed by atoms with Crippen molar-refractivity contribution >= 4 is 17.9 Å². The maximum Gasteiger partial charge on any atom is 0.153 e. The number of rotatable bonds is 6. The van der Waals surface area contributed by atoms with Gasteiger partial charge in [-0.1, -0.05) is 44.5 Å². The first-order valence-corrected chi connectivity index (χ1v) is 8.30. The van der Waals surface area contributed by atoms with Gasteiger partial charge in [0, 0.05) is 5.02 Å². The van der Waals surface area contributed by atoms with Crippen LogP contribution in [0.2, 0.25) is 5.02 Å². The fraction of sp³-hybridized carbons (Fsp3) is 0.350. The van der Waals surface area contributed by atoms with Crippen molar-refractivity contribution in [3.8, 4) is 11.5 Å². The van der Waals surface area contributed by atoms with Gasteiger partial charge in [0.1, 0.15) is 24.7 Å². The van der Waals surface area contributed by atoms with Crippen molar-refractivity contribution in [2.45, 2.75) is 33.1 Å². The van der Waals surface area contributed by atoms with Crippen molar-refractivity contribution in [3.63, 3.8) is 0 Å². The molecule has 0 fully saturated rings. The number of aldehydes is 1. The molecule has 0 bridgehead atoms. The molecule has 0 saturated carbocycles. The Morgan fingerprint density at radius 3 is 2.29 bits per heavy atom. The molecule has 4 heteroatoms. The van der Waals surface area contributed by atoms with Crippen LogP contribution in [0.1, 0.15) is 42.3 Å². The molecule has 0 unspecified atom stereocenters. The molecule has 0 saturated heterocycles. The molecule has 0 aliphatic rings. The van der Waals surface area contributed by atoms with Crippen LogP contribution in [0.15, 0.2) is 36.4 Å². The Hall–Kier alpha value is -2.00. The molecule has 0 heterocycles. The van der Waals surface area contributed by atoms with Crippen LogP contribution < -0.4 is 9.47 Å². The lowest BCUT2D eigenvalue weighted by Crippen LogP contribution is -2.16. The van der Waals surface area contributed by atoms with E-state index in [1.54, 1.807) is 18.2 Å². The number of aryl methyl sites for hydroxylation is 1. The summed E-state index contributed by atoms with van der Waals surface area (Å²) in [4.78, 5) is 11.1. The van der Waals surface area contributed by atoms with E-state index in [4.69, 9.17) is 21.1 Å². The zero-order valence-corrected chi connectivity index (χ0v) is 15.3. The van der Waals surface area contributed by atoms with E-state index in [0.717, 1.165) is 23.2 Å². The number of ether oxygens (including phenoxy) is 2. The summed E-state index contributed by atoms with van der Waals surface area (Å²) >= 11 is 5.87. The number of benzene rings is 2. The van der Waals surface area contributed by atoms with Gasteiger partial charge >= 0.3 is 0 Å². The van der Waals surface area contributed by atoms with Crippen molar-refractivity contribution in [2.75, 3.05) is 13.2 Å². The van der Waals surface area contributed by atoms with Crippen LogP contribution in [0.25, 0.3) is 0 Å². The summed E-state index contributed by atoms with van der Waals surface area (Å²) < 4.78 is 11.6. The van der Waals surface area contributed by atoms with Gasteiger partial charge in [0.05, 0.1) is 5.56 Å². The lowest BCUT2D eigenvalue weighted by molar-refractivity contribution is 0.111. The summed E-state index contributed by atoms with van der Waals surface area (Å²) in [5.41, 5.74) is 2.76. The summed E-state index contributed by atoms with van der Waals surface area (Å²) in [6.45, 7) is 9.26. The van der Waals surface area contributed by atoms with Crippen LogP contribution in [0.5, 0.6) is 11.5 Å². The van der Waals surface area contributed by atoms with Gasteiger partial charge < -0.3 is 9.47 Å². The molecule has 0 N–H and O–H groups in total. The normalized spacial score (nSPS) is 11.2. The fourth-order valence-corrected chi connectivity index (χ4v) is 2.60. The number of hydrogen-bond acceptors (Lipinski definition) is 3. The fourth-order valence-electron chi connectivity index (χ4n) is 2.41. The lowest BCUT2D eigenvalue weighted by atomic mass is 9.86. The molecular formula is C20H23ClO3. The highest BCUT2D eigenvalue weighted by Crippen LogP contribution is 2.32. The minimum atomic E-state index is 0.00472. The van der Waals surface area contributed by atoms with E-state index in [9.17, 15) is 4.79 Å². The Morgan fingerprint density at radius 2 is 1.67 bits per heavy atom. The first kappa shape index (κ1) is 18.3. The smallest absolute Gasteiger partial charge is 0.153 e. The van der Waals surface area contributed by atoms with Crippen LogP contribution in [0, 0.1) is 6.92 Å². The van der Waals surface area contributed by atoms with Crippen molar-refractivity contribution < 1.29 is 14.3 Å². The summed E-state index contributed by atoms with van der Waals surface area (Å²) in [5.74, 6) is 1.39. The largest absolute Gasteiger partial charge is 0.490 e. The molecule has 0 aliphatic heterocycles. The van der Waals surface area contributed by atoms with Crippen LogP contribution in [0.4, 0.5) is 0 Å². The molecule has 3 nitrogen and oxygen atoms in total. The predicted octanol–water partition coefficient (Wildman–Crippen LogP) is 5.22. The summed E-state index contributed by atoms with van der Waals surface area (Å²) in [5, 5.41) is 0.510. The second kappa shape index (κ2) is 7.71. The zero-order chi connectivity index (χ0) is 17.7. The van der Waals surface area contributed by atoms with Crippen molar-refractivity contribution in [1.29, 1.82) is 0 Å². The van der Waals surface area contributed by atoms with Gasteiger partial charge in [-0.15, -0.1) is 0 Å². The topological polar surface area (TPSA) is 35.5 Å². The van der Waals surface area contributed by atoms with Crippen LogP contribution in [0.3, 0.4) is 0 Å². The van der Waals surface area contributed by atoms with E-state index < -0.39 is 0 Å². The van der Waals surface area contributed by atoms with Crippen molar-refractivity contribution in [1.82, 2.24) is 0 Å². The maximum atomic E-state index is 11.1. The van der Waals surface area contributed by atoms with Gasteiger partial charge in [0.15, 0.2) is 6.29 Å². The minimum absolute atomic E-state index is 0.00472. The molecule has 0 aliphatic carbocycles. The molecule has 0 spiro atoms. The highest BCUT2D eigenvalue weighted by Gasteiger charge is 2.19. The quantitative estimate of drug-likeness (QED) is 0.531. The van der Waals surface area contributed by atoms with Gasteiger partial charge in [-0.25, -0.2) is 0 Å². The molecule has 0 radical (unpaired) electrons. The second-order valence-corrected chi connectivity index (χ2v) is 7.18.